The van der Waals surface area contributed by atoms with E-state index >= 15 is 0 Å². The average Bonchev–Trinajstić information content (AvgIpc) is 3.16. The smallest absolute Gasteiger partial charge is 0.271 e. The molecule has 1 aromatic heterocycles. The highest BCUT2D eigenvalue weighted by Gasteiger charge is 2.35. The minimum Gasteiger partial charge on any atom is -0.380 e. The maximum atomic E-state index is 12.4. The van der Waals surface area contributed by atoms with Gasteiger partial charge in [-0.3, -0.25) is 4.79 Å². The molecule has 166 valence electrons. The lowest BCUT2D eigenvalue weighted by molar-refractivity contribution is 0.0941. The molecule has 10 heteroatoms. The molecule has 0 spiro atoms. The van der Waals surface area contributed by atoms with Gasteiger partial charge in [-0.15, -0.1) is 0 Å². The number of rotatable bonds is 7. The first-order valence-corrected chi connectivity index (χ1v) is 12.1. The molecule has 0 aliphatic carbocycles. The second-order valence-corrected chi connectivity index (χ2v) is 9.80. The second-order valence-electron chi connectivity index (χ2n) is 7.46. The van der Waals surface area contributed by atoms with E-state index < -0.39 is 21.8 Å². The van der Waals surface area contributed by atoms with E-state index in [1.165, 1.54) is 12.3 Å². The maximum Gasteiger partial charge on any atom is 0.271 e. The third-order valence-corrected chi connectivity index (χ3v) is 5.99. The molecule has 0 unspecified atom stereocenters. The topological polar surface area (TPSA) is 101 Å². The summed E-state index contributed by atoms with van der Waals surface area (Å²) in [5.41, 5.74) is 1.12. The van der Waals surface area contributed by atoms with Crippen molar-refractivity contribution in [2.45, 2.75) is 31.5 Å². The minimum absolute atomic E-state index is 0.0196. The molecule has 31 heavy (non-hydrogen) atoms. The number of benzene rings is 1. The standard InChI is InChI=1S/C21H25ClN4O4S/c1-14(8-9-31(3,28)29)25-21(27)18-11-24-20(12-23-18)26-13-15(30-2)10-19(26)16-6-4-5-7-17(16)22/h4-9,11-12,14-15,19H,10,13H2,1-3H3,(H,25,27)/b9-8+/t14-,15+,19-/m1/s1. The van der Waals surface area contributed by atoms with Crippen molar-refractivity contribution < 1.29 is 17.9 Å². The van der Waals surface area contributed by atoms with Gasteiger partial charge in [-0.25, -0.2) is 18.4 Å². The Labute approximate surface area is 187 Å². The Balaban J connectivity index is 1.75. The molecule has 1 fully saturated rings. The van der Waals surface area contributed by atoms with Crippen LogP contribution in [0.2, 0.25) is 5.02 Å². The monoisotopic (exact) mass is 464 g/mol. The Kier molecular flexibility index (Phi) is 7.30. The number of carbonyl (C=O) groups excluding carboxylic acids is 1. The van der Waals surface area contributed by atoms with Gasteiger partial charge in [0.1, 0.15) is 11.5 Å². The Hall–Kier alpha value is -2.49. The molecule has 8 nitrogen and oxygen atoms in total. The molecule has 3 atom stereocenters. The van der Waals surface area contributed by atoms with E-state index in [9.17, 15) is 13.2 Å². The molecule has 0 saturated carbocycles. The first-order valence-electron chi connectivity index (χ1n) is 9.73. The molecule has 3 rings (SSSR count). The van der Waals surface area contributed by atoms with E-state index in [1.807, 2.05) is 24.3 Å². The number of methoxy groups -OCH3 is 1. The number of amides is 1. The van der Waals surface area contributed by atoms with Crippen molar-refractivity contribution in [3.63, 3.8) is 0 Å². The summed E-state index contributed by atoms with van der Waals surface area (Å²) in [5.74, 6) is 0.176. The number of hydrogen-bond donors (Lipinski definition) is 1. The largest absolute Gasteiger partial charge is 0.380 e. The van der Waals surface area contributed by atoms with E-state index in [4.69, 9.17) is 16.3 Å². The molecule has 1 aliphatic rings. The van der Waals surface area contributed by atoms with E-state index in [0.717, 1.165) is 23.6 Å². The fraction of sp³-hybridized carbons (Fsp3) is 0.381. The highest BCUT2D eigenvalue weighted by atomic mass is 35.5. The fourth-order valence-corrected chi connectivity index (χ4v) is 4.22. The molecule has 2 heterocycles. The summed E-state index contributed by atoms with van der Waals surface area (Å²) in [7, 11) is -1.58. The van der Waals surface area contributed by atoms with Crippen molar-refractivity contribution in [3.05, 3.63) is 64.4 Å². The normalized spacial score (nSPS) is 20.2. The summed E-state index contributed by atoms with van der Waals surface area (Å²) in [6.45, 7) is 2.30. The van der Waals surface area contributed by atoms with Crippen LogP contribution in [0.15, 0.2) is 48.1 Å². The fourth-order valence-electron chi connectivity index (χ4n) is 3.44. The van der Waals surface area contributed by atoms with Crippen molar-refractivity contribution in [3.8, 4) is 0 Å². The molecule has 1 saturated heterocycles. The van der Waals surface area contributed by atoms with Crippen LogP contribution in [0, 0.1) is 0 Å². The zero-order valence-corrected chi connectivity index (χ0v) is 19.1. The Morgan fingerprint density at radius 3 is 2.68 bits per heavy atom. The predicted molar refractivity (Wildman–Crippen MR) is 120 cm³/mol. The third-order valence-electron chi connectivity index (χ3n) is 5.00. The second kappa shape index (κ2) is 9.76. The number of nitrogens with zero attached hydrogens (tertiary/aromatic N) is 3. The van der Waals surface area contributed by atoms with Crippen LogP contribution in [0.1, 0.15) is 35.4 Å². The zero-order chi connectivity index (χ0) is 22.6. The number of aromatic nitrogens is 2. The quantitative estimate of drug-likeness (QED) is 0.672. The summed E-state index contributed by atoms with van der Waals surface area (Å²) >= 11 is 6.42. The molecule has 1 aliphatic heterocycles. The maximum absolute atomic E-state index is 12.4. The molecule has 0 radical (unpaired) electrons. The molecular weight excluding hydrogens is 440 g/mol. The van der Waals surface area contributed by atoms with Crippen molar-refractivity contribution in [1.29, 1.82) is 0 Å². The Morgan fingerprint density at radius 1 is 1.32 bits per heavy atom. The zero-order valence-electron chi connectivity index (χ0n) is 17.5. The Bertz CT molecular complexity index is 1060. The van der Waals surface area contributed by atoms with Gasteiger partial charge in [-0.1, -0.05) is 35.9 Å². The van der Waals surface area contributed by atoms with Crippen LogP contribution in [0.4, 0.5) is 5.82 Å². The first-order chi connectivity index (χ1) is 14.7. The Morgan fingerprint density at radius 2 is 2.06 bits per heavy atom. The van der Waals surface area contributed by atoms with Gasteiger partial charge in [-0.05, 0) is 25.0 Å². The molecular formula is C21H25ClN4O4S. The van der Waals surface area contributed by atoms with Crippen LogP contribution in [0.5, 0.6) is 0 Å². The third kappa shape index (κ3) is 6.03. The lowest BCUT2D eigenvalue weighted by atomic mass is 10.0. The molecule has 1 aromatic carbocycles. The van der Waals surface area contributed by atoms with Gasteiger partial charge in [0.25, 0.3) is 5.91 Å². The van der Waals surface area contributed by atoms with Gasteiger partial charge >= 0.3 is 0 Å². The van der Waals surface area contributed by atoms with Crippen molar-refractivity contribution in [1.82, 2.24) is 15.3 Å². The summed E-state index contributed by atoms with van der Waals surface area (Å²) in [6.07, 6.45) is 6.22. The van der Waals surface area contributed by atoms with Crippen molar-refractivity contribution in [2.75, 3.05) is 24.8 Å². The van der Waals surface area contributed by atoms with E-state index in [-0.39, 0.29) is 17.8 Å². The molecule has 1 N–H and O–H groups in total. The lowest BCUT2D eigenvalue weighted by Crippen LogP contribution is -2.32. The summed E-state index contributed by atoms with van der Waals surface area (Å²) in [5, 5.41) is 4.40. The van der Waals surface area contributed by atoms with Crippen LogP contribution in [0.3, 0.4) is 0 Å². The highest BCUT2D eigenvalue weighted by Crippen LogP contribution is 2.38. The number of hydrogen-bond acceptors (Lipinski definition) is 7. The van der Waals surface area contributed by atoms with E-state index in [2.05, 4.69) is 20.2 Å². The number of anilines is 1. The van der Waals surface area contributed by atoms with E-state index in [0.29, 0.717) is 17.4 Å². The van der Waals surface area contributed by atoms with Gasteiger partial charge in [0.2, 0.25) is 0 Å². The van der Waals surface area contributed by atoms with Crippen LogP contribution < -0.4 is 10.2 Å². The van der Waals surface area contributed by atoms with E-state index in [1.54, 1.807) is 20.2 Å². The summed E-state index contributed by atoms with van der Waals surface area (Å²) in [4.78, 5) is 23.2. The first kappa shape index (κ1) is 23.2. The van der Waals surface area contributed by atoms with Crippen LogP contribution in [-0.2, 0) is 14.6 Å². The number of carbonyl (C=O) groups is 1. The van der Waals surface area contributed by atoms with Gasteiger partial charge in [0.05, 0.1) is 24.5 Å². The minimum atomic E-state index is -3.26. The van der Waals surface area contributed by atoms with Gasteiger partial charge in [0, 0.05) is 36.4 Å². The number of sulfone groups is 1. The number of halogens is 1. The average molecular weight is 465 g/mol. The van der Waals surface area contributed by atoms with Gasteiger partial charge in [0.15, 0.2) is 9.84 Å². The van der Waals surface area contributed by atoms with Crippen LogP contribution in [0.25, 0.3) is 0 Å². The number of ether oxygens (including phenoxy) is 1. The number of nitrogens with one attached hydrogen (secondary N) is 1. The molecule has 1 amide bonds. The molecule has 2 aromatic rings. The van der Waals surface area contributed by atoms with Crippen LogP contribution in [-0.4, -0.2) is 56.3 Å². The predicted octanol–water partition coefficient (Wildman–Crippen LogP) is 2.77. The van der Waals surface area contributed by atoms with Gasteiger partial charge in [-0.2, -0.15) is 0 Å². The van der Waals surface area contributed by atoms with Crippen molar-refractivity contribution >= 4 is 33.2 Å². The van der Waals surface area contributed by atoms with Crippen LogP contribution >= 0.6 is 11.6 Å². The summed E-state index contributed by atoms with van der Waals surface area (Å²) in [6, 6.07) is 7.17. The van der Waals surface area contributed by atoms with Gasteiger partial charge < -0.3 is 15.0 Å². The SMILES string of the molecule is CO[C@H]1C[C@H](c2ccccc2Cl)N(c2cnc(C(=O)N[C@H](C)/C=C/S(C)(=O)=O)cn2)C1. The lowest BCUT2D eigenvalue weighted by Gasteiger charge is -2.26. The highest BCUT2D eigenvalue weighted by molar-refractivity contribution is 7.93. The van der Waals surface area contributed by atoms with Crippen molar-refractivity contribution in [2.24, 2.45) is 0 Å². The molecule has 0 bridgehead atoms. The summed E-state index contributed by atoms with van der Waals surface area (Å²) < 4.78 is 28.0.